The molecule has 8 heteroatoms. The van der Waals surface area contributed by atoms with Gasteiger partial charge >= 0.3 is 0 Å². The van der Waals surface area contributed by atoms with E-state index in [4.69, 9.17) is 5.73 Å². The number of amides is 1. The van der Waals surface area contributed by atoms with E-state index in [9.17, 15) is 17.6 Å². The van der Waals surface area contributed by atoms with Crippen LogP contribution in [-0.4, -0.2) is 48.4 Å². The number of anilines is 1. The van der Waals surface area contributed by atoms with Crippen molar-refractivity contribution in [2.75, 3.05) is 29.5 Å². The second-order valence-electron chi connectivity index (χ2n) is 4.75. The lowest BCUT2D eigenvalue weighted by Crippen LogP contribution is -2.50. The number of carbonyl (C=O) groups is 1. The second kappa shape index (κ2) is 6.23. The molecule has 1 heterocycles. The number of carbonyl (C=O) groups excluding carboxylic acids is 1. The molecular formula is C13H17FN2O3S2. The van der Waals surface area contributed by atoms with Gasteiger partial charge in [0.05, 0.1) is 0 Å². The van der Waals surface area contributed by atoms with E-state index in [1.54, 1.807) is 6.92 Å². The summed E-state index contributed by atoms with van der Waals surface area (Å²) in [4.78, 5) is 13.8. The van der Waals surface area contributed by atoms with Crippen LogP contribution in [0.4, 0.5) is 10.1 Å². The standard InChI is InChI=1S/C13H17FN2O3S2/c1-2-21(18,19)12-8-20-4-3-16(12)13(17)9-5-10(14)7-11(15)6-9/h5-7,12H,2-4,8,15H2,1H3. The molecule has 0 saturated carbocycles. The van der Waals surface area contributed by atoms with Crippen molar-refractivity contribution in [3.05, 3.63) is 29.6 Å². The Hall–Kier alpha value is -1.28. The predicted octanol–water partition coefficient (Wildman–Crippen LogP) is 1.36. The van der Waals surface area contributed by atoms with E-state index >= 15 is 0 Å². The number of hydrogen-bond acceptors (Lipinski definition) is 5. The summed E-state index contributed by atoms with van der Waals surface area (Å²) in [6.07, 6.45) is 0. The van der Waals surface area contributed by atoms with Crippen LogP contribution in [0.1, 0.15) is 17.3 Å². The van der Waals surface area contributed by atoms with Gasteiger partial charge in [0.25, 0.3) is 5.91 Å². The molecule has 5 nitrogen and oxygen atoms in total. The summed E-state index contributed by atoms with van der Waals surface area (Å²) in [6, 6.07) is 3.56. The molecule has 1 aliphatic heterocycles. The summed E-state index contributed by atoms with van der Waals surface area (Å²) >= 11 is 1.50. The molecule has 2 rings (SSSR count). The number of hydrogen-bond donors (Lipinski definition) is 1. The molecule has 0 bridgehead atoms. The monoisotopic (exact) mass is 332 g/mol. The first kappa shape index (κ1) is 16.1. The van der Waals surface area contributed by atoms with Gasteiger partial charge < -0.3 is 10.6 Å². The zero-order valence-corrected chi connectivity index (χ0v) is 13.2. The zero-order valence-electron chi connectivity index (χ0n) is 11.6. The second-order valence-corrected chi connectivity index (χ2v) is 8.35. The third-order valence-corrected chi connectivity index (χ3v) is 6.62. The van der Waals surface area contributed by atoms with Gasteiger partial charge in [-0.1, -0.05) is 6.92 Å². The molecule has 1 atom stereocenters. The maximum absolute atomic E-state index is 13.4. The lowest BCUT2D eigenvalue weighted by atomic mass is 10.1. The van der Waals surface area contributed by atoms with Gasteiger partial charge in [-0.05, 0) is 18.2 Å². The molecule has 2 N–H and O–H groups in total. The Morgan fingerprint density at radius 1 is 1.48 bits per heavy atom. The number of benzene rings is 1. The average molecular weight is 332 g/mol. The van der Waals surface area contributed by atoms with Crippen molar-refractivity contribution in [2.45, 2.75) is 12.3 Å². The molecule has 0 spiro atoms. The number of nitrogens with two attached hydrogens (primary N) is 1. The molecule has 21 heavy (non-hydrogen) atoms. The largest absolute Gasteiger partial charge is 0.399 e. The summed E-state index contributed by atoms with van der Waals surface area (Å²) in [7, 11) is -3.38. The van der Waals surface area contributed by atoms with E-state index < -0.39 is 26.9 Å². The molecule has 1 aromatic carbocycles. The van der Waals surface area contributed by atoms with Crippen LogP contribution >= 0.6 is 11.8 Å². The minimum atomic E-state index is -3.38. The van der Waals surface area contributed by atoms with Gasteiger partial charge in [-0.25, -0.2) is 12.8 Å². The number of nitrogens with zero attached hydrogens (tertiary/aromatic N) is 1. The summed E-state index contributed by atoms with van der Waals surface area (Å²) in [5.74, 6) is -0.144. The molecule has 1 amide bonds. The van der Waals surface area contributed by atoms with Crippen LogP contribution < -0.4 is 5.73 Å². The summed E-state index contributed by atoms with van der Waals surface area (Å²) in [5.41, 5.74) is 5.76. The summed E-state index contributed by atoms with van der Waals surface area (Å²) in [5, 5.41) is -0.863. The minimum absolute atomic E-state index is 0.0344. The number of halogens is 1. The molecule has 1 unspecified atom stereocenters. The van der Waals surface area contributed by atoms with E-state index in [1.807, 2.05) is 0 Å². The van der Waals surface area contributed by atoms with E-state index in [-0.39, 0.29) is 17.0 Å². The van der Waals surface area contributed by atoms with Crippen molar-refractivity contribution in [3.63, 3.8) is 0 Å². The number of nitrogen functional groups attached to an aromatic ring is 1. The number of sulfone groups is 1. The third-order valence-electron chi connectivity index (χ3n) is 3.33. The first-order valence-electron chi connectivity index (χ1n) is 6.51. The lowest BCUT2D eigenvalue weighted by Gasteiger charge is -2.34. The van der Waals surface area contributed by atoms with Crippen molar-refractivity contribution in [2.24, 2.45) is 0 Å². The topological polar surface area (TPSA) is 80.5 Å². The van der Waals surface area contributed by atoms with E-state index in [1.165, 1.54) is 22.7 Å². The van der Waals surface area contributed by atoms with Crippen LogP contribution in [0.15, 0.2) is 18.2 Å². The smallest absolute Gasteiger partial charge is 0.255 e. The molecule has 0 aromatic heterocycles. The normalized spacial score (nSPS) is 19.5. The highest BCUT2D eigenvalue weighted by Crippen LogP contribution is 2.24. The first-order valence-corrected chi connectivity index (χ1v) is 9.38. The summed E-state index contributed by atoms with van der Waals surface area (Å²) < 4.78 is 37.6. The highest BCUT2D eigenvalue weighted by molar-refractivity contribution is 8.01. The Labute approximate surface area is 127 Å². The predicted molar refractivity (Wildman–Crippen MR) is 82.4 cm³/mol. The van der Waals surface area contributed by atoms with Crippen LogP contribution in [-0.2, 0) is 9.84 Å². The van der Waals surface area contributed by atoms with Crippen molar-refractivity contribution >= 4 is 33.2 Å². The maximum atomic E-state index is 13.4. The molecule has 0 aliphatic carbocycles. The van der Waals surface area contributed by atoms with Crippen molar-refractivity contribution in [3.8, 4) is 0 Å². The maximum Gasteiger partial charge on any atom is 0.255 e. The Kier molecular flexibility index (Phi) is 4.77. The molecule has 116 valence electrons. The first-order chi connectivity index (χ1) is 9.85. The fraction of sp³-hybridized carbons (Fsp3) is 0.462. The zero-order chi connectivity index (χ0) is 15.6. The fourth-order valence-corrected chi connectivity index (χ4v) is 5.17. The van der Waals surface area contributed by atoms with E-state index in [2.05, 4.69) is 0 Å². The average Bonchev–Trinajstić information content (AvgIpc) is 2.45. The Morgan fingerprint density at radius 3 is 2.81 bits per heavy atom. The number of rotatable bonds is 3. The van der Waals surface area contributed by atoms with E-state index in [0.717, 1.165) is 12.1 Å². The molecule has 1 aliphatic rings. The summed E-state index contributed by atoms with van der Waals surface area (Å²) in [6.45, 7) is 1.88. The van der Waals surface area contributed by atoms with Crippen LogP contribution in [0.25, 0.3) is 0 Å². The Balaban J connectivity index is 2.35. The highest BCUT2D eigenvalue weighted by Gasteiger charge is 2.36. The van der Waals surface area contributed by atoms with Crippen LogP contribution in [0, 0.1) is 5.82 Å². The third kappa shape index (κ3) is 3.49. The Bertz CT molecular complexity index is 629. The van der Waals surface area contributed by atoms with Gasteiger partial charge in [0.1, 0.15) is 11.2 Å². The van der Waals surface area contributed by atoms with Crippen molar-refractivity contribution in [1.82, 2.24) is 4.90 Å². The van der Waals surface area contributed by atoms with Gasteiger partial charge in [-0.3, -0.25) is 4.79 Å². The fourth-order valence-electron chi connectivity index (χ4n) is 2.20. The quantitative estimate of drug-likeness (QED) is 0.845. The van der Waals surface area contributed by atoms with Gasteiger partial charge in [0.15, 0.2) is 9.84 Å². The molecular weight excluding hydrogens is 315 g/mol. The van der Waals surface area contributed by atoms with Crippen LogP contribution in [0.2, 0.25) is 0 Å². The highest BCUT2D eigenvalue weighted by atomic mass is 32.2. The van der Waals surface area contributed by atoms with Gasteiger partial charge in [0.2, 0.25) is 0 Å². The lowest BCUT2D eigenvalue weighted by molar-refractivity contribution is 0.0749. The van der Waals surface area contributed by atoms with Crippen molar-refractivity contribution in [1.29, 1.82) is 0 Å². The molecule has 0 radical (unpaired) electrons. The SMILES string of the molecule is CCS(=O)(=O)C1CSCCN1C(=O)c1cc(N)cc(F)c1. The minimum Gasteiger partial charge on any atom is -0.399 e. The van der Waals surface area contributed by atoms with Gasteiger partial charge in [0, 0.05) is 35.1 Å². The van der Waals surface area contributed by atoms with Crippen molar-refractivity contribution < 1.29 is 17.6 Å². The molecule has 1 fully saturated rings. The van der Waals surface area contributed by atoms with Gasteiger partial charge in [-0.15, -0.1) is 0 Å². The number of thioether (sulfide) groups is 1. The molecule has 1 aromatic rings. The van der Waals surface area contributed by atoms with E-state index in [0.29, 0.717) is 18.1 Å². The molecule has 1 saturated heterocycles. The van der Waals surface area contributed by atoms with Crippen LogP contribution in [0.5, 0.6) is 0 Å². The Morgan fingerprint density at radius 2 is 2.19 bits per heavy atom. The van der Waals surface area contributed by atoms with Crippen LogP contribution in [0.3, 0.4) is 0 Å². The van der Waals surface area contributed by atoms with Gasteiger partial charge in [-0.2, -0.15) is 11.8 Å².